The number of aliphatic carboxylic acids is 1. The van der Waals surface area contributed by atoms with Crippen LogP contribution in [-0.4, -0.2) is 44.1 Å². The molecule has 0 radical (unpaired) electrons. The molecule has 4 rings (SSSR count). The Morgan fingerprint density at radius 3 is 2.92 bits per heavy atom. The standard InChI is InChI=1S/C18H21N3O5/c22-16(6-5-15-19-17(20-26-15)12-7-8-25-10-12)21-13-4-2-1-3-11(13)9-14(21)18(23)24/h7-8,10-11,13-14H,1-6,9H2,(H,23,24)/t11-,13-,14+/m1/s1. The molecule has 1 saturated heterocycles. The van der Waals surface area contributed by atoms with Crippen LogP contribution in [0.15, 0.2) is 27.5 Å². The number of carbonyl (C=O) groups is 2. The normalized spacial score (nSPS) is 25.2. The van der Waals surface area contributed by atoms with Gasteiger partial charge in [0.25, 0.3) is 0 Å². The molecule has 2 aromatic rings. The number of amides is 1. The third kappa shape index (κ3) is 3.11. The van der Waals surface area contributed by atoms with Gasteiger partial charge in [0.15, 0.2) is 0 Å². The number of aromatic nitrogens is 2. The van der Waals surface area contributed by atoms with Crippen molar-refractivity contribution in [2.24, 2.45) is 5.92 Å². The van der Waals surface area contributed by atoms with Gasteiger partial charge in [0.05, 0.1) is 11.8 Å². The van der Waals surface area contributed by atoms with Crippen molar-refractivity contribution in [1.82, 2.24) is 15.0 Å². The molecule has 138 valence electrons. The van der Waals surface area contributed by atoms with Gasteiger partial charge in [0, 0.05) is 18.9 Å². The van der Waals surface area contributed by atoms with Crippen molar-refractivity contribution in [3.8, 4) is 11.4 Å². The number of likely N-dealkylation sites (tertiary alicyclic amines) is 1. The highest BCUT2D eigenvalue weighted by molar-refractivity contribution is 5.84. The van der Waals surface area contributed by atoms with Crippen LogP contribution in [0.2, 0.25) is 0 Å². The number of hydrogen-bond acceptors (Lipinski definition) is 6. The first kappa shape index (κ1) is 16.8. The summed E-state index contributed by atoms with van der Waals surface area (Å²) in [6.45, 7) is 0. The molecule has 3 heterocycles. The fraction of sp³-hybridized carbons (Fsp3) is 0.556. The van der Waals surface area contributed by atoms with Crippen molar-refractivity contribution in [1.29, 1.82) is 0 Å². The molecule has 2 aliphatic rings. The van der Waals surface area contributed by atoms with Crippen molar-refractivity contribution < 1.29 is 23.6 Å². The summed E-state index contributed by atoms with van der Waals surface area (Å²) in [5, 5.41) is 13.4. The monoisotopic (exact) mass is 359 g/mol. The van der Waals surface area contributed by atoms with Crippen molar-refractivity contribution in [2.45, 2.75) is 57.0 Å². The van der Waals surface area contributed by atoms with E-state index in [1.807, 2.05) is 0 Å². The number of nitrogens with zero attached hydrogens (tertiary/aromatic N) is 3. The SMILES string of the molecule is O=C(O)[C@@H]1C[C@H]2CCCC[C@H]2N1C(=O)CCc1nc(-c2ccoc2)no1. The zero-order valence-corrected chi connectivity index (χ0v) is 14.3. The fourth-order valence-electron chi connectivity index (χ4n) is 4.25. The molecular formula is C18H21N3O5. The van der Waals surface area contributed by atoms with Crippen LogP contribution in [0.1, 0.15) is 44.4 Å². The summed E-state index contributed by atoms with van der Waals surface area (Å²) in [7, 11) is 0. The van der Waals surface area contributed by atoms with Gasteiger partial charge in [-0.1, -0.05) is 18.0 Å². The molecule has 1 amide bonds. The van der Waals surface area contributed by atoms with Gasteiger partial charge in [-0.25, -0.2) is 4.79 Å². The van der Waals surface area contributed by atoms with E-state index in [0.717, 1.165) is 25.7 Å². The second kappa shape index (κ2) is 6.93. The summed E-state index contributed by atoms with van der Waals surface area (Å²) in [6.07, 6.45) is 8.14. The maximum Gasteiger partial charge on any atom is 0.326 e. The van der Waals surface area contributed by atoms with Crippen molar-refractivity contribution in [2.75, 3.05) is 0 Å². The van der Waals surface area contributed by atoms with Crippen LogP contribution >= 0.6 is 0 Å². The van der Waals surface area contributed by atoms with E-state index in [1.54, 1.807) is 11.0 Å². The van der Waals surface area contributed by atoms with Crippen LogP contribution in [0.5, 0.6) is 0 Å². The number of aryl methyl sites for hydroxylation is 1. The zero-order valence-electron chi connectivity index (χ0n) is 14.3. The molecule has 0 unspecified atom stereocenters. The maximum absolute atomic E-state index is 12.8. The molecule has 1 N–H and O–H groups in total. The molecular weight excluding hydrogens is 338 g/mol. The minimum absolute atomic E-state index is 0.0570. The molecule has 0 spiro atoms. The Labute approximate surface area is 150 Å². The Bertz CT molecular complexity index is 785. The lowest BCUT2D eigenvalue weighted by Crippen LogP contribution is -2.46. The third-order valence-corrected chi connectivity index (χ3v) is 5.46. The largest absolute Gasteiger partial charge is 0.480 e. The lowest BCUT2D eigenvalue weighted by molar-refractivity contribution is -0.149. The summed E-state index contributed by atoms with van der Waals surface area (Å²) >= 11 is 0. The van der Waals surface area contributed by atoms with Crippen LogP contribution in [0.4, 0.5) is 0 Å². The molecule has 0 bridgehead atoms. The molecule has 0 aromatic carbocycles. The Morgan fingerprint density at radius 2 is 2.15 bits per heavy atom. The third-order valence-electron chi connectivity index (χ3n) is 5.46. The quantitative estimate of drug-likeness (QED) is 0.873. The van der Waals surface area contributed by atoms with Crippen molar-refractivity contribution >= 4 is 11.9 Å². The molecule has 8 nitrogen and oxygen atoms in total. The van der Waals surface area contributed by atoms with Gasteiger partial charge in [0.1, 0.15) is 12.3 Å². The van der Waals surface area contributed by atoms with Crippen LogP contribution in [0, 0.1) is 5.92 Å². The van der Waals surface area contributed by atoms with E-state index in [9.17, 15) is 14.7 Å². The van der Waals surface area contributed by atoms with Gasteiger partial charge >= 0.3 is 5.97 Å². The minimum atomic E-state index is -0.909. The van der Waals surface area contributed by atoms with Crippen LogP contribution in [-0.2, 0) is 16.0 Å². The molecule has 2 fully saturated rings. The van der Waals surface area contributed by atoms with Crippen LogP contribution in [0.25, 0.3) is 11.4 Å². The summed E-state index contributed by atoms with van der Waals surface area (Å²) in [4.78, 5) is 30.3. The predicted octanol–water partition coefficient (Wildman–Crippen LogP) is 2.51. The predicted molar refractivity (Wildman–Crippen MR) is 89.0 cm³/mol. The molecule has 8 heteroatoms. The fourth-order valence-corrected chi connectivity index (χ4v) is 4.25. The number of carboxylic acid groups (broad SMARTS) is 1. The van der Waals surface area contributed by atoms with Gasteiger partial charge in [-0.15, -0.1) is 0 Å². The van der Waals surface area contributed by atoms with Gasteiger partial charge in [-0.3, -0.25) is 4.79 Å². The molecule has 2 aromatic heterocycles. The van der Waals surface area contributed by atoms with Gasteiger partial charge in [-0.2, -0.15) is 4.98 Å². The molecule has 1 aliphatic carbocycles. The van der Waals surface area contributed by atoms with E-state index in [1.165, 1.54) is 12.5 Å². The number of fused-ring (bicyclic) bond motifs is 1. The van der Waals surface area contributed by atoms with Gasteiger partial charge < -0.3 is 18.9 Å². The average molecular weight is 359 g/mol. The lowest BCUT2D eigenvalue weighted by Gasteiger charge is -2.33. The smallest absolute Gasteiger partial charge is 0.326 e. The summed E-state index contributed by atoms with van der Waals surface area (Å²) < 4.78 is 10.2. The number of hydrogen-bond donors (Lipinski definition) is 1. The molecule has 3 atom stereocenters. The number of carbonyl (C=O) groups excluding carboxylic acids is 1. The average Bonchev–Trinajstić information content (AvgIpc) is 3.37. The lowest BCUT2D eigenvalue weighted by atomic mass is 9.84. The maximum atomic E-state index is 12.8. The first-order valence-corrected chi connectivity index (χ1v) is 9.02. The topological polar surface area (TPSA) is 110 Å². The molecule has 1 saturated carbocycles. The highest BCUT2D eigenvalue weighted by Crippen LogP contribution is 2.40. The second-order valence-electron chi connectivity index (χ2n) is 7.03. The van der Waals surface area contributed by atoms with E-state index in [-0.39, 0.29) is 18.4 Å². The Morgan fingerprint density at radius 1 is 1.31 bits per heavy atom. The number of carboxylic acids is 1. The van der Waals surface area contributed by atoms with E-state index in [0.29, 0.717) is 36.0 Å². The van der Waals surface area contributed by atoms with Gasteiger partial charge in [-0.05, 0) is 31.2 Å². The zero-order chi connectivity index (χ0) is 18.1. The number of rotatable bonds is 5. The van der Waals surface area contributed by atoms with E-state index in [4.69, 9.17) is 8.94 Å². The molecule has 1 aliphatic heterocycles. The van der Waals surface area contributed by atoms with Crippen LogP contribution < -0.4 is 0 Å². The first-order valence-electron chi connectivity index (χ1n) is 9.02. The van der Waals surface area contributed by atoms with Gasteiger partial charge in [0.2, 0.25) is 17.6 Å². The second-order valence-corrected chi connectivity index (χ2v) is 7.03. The summed E-state index contributed by atoms with van der Waals surface area (Å²) in [5.74, 6) is 0.0338. The Kier molecular flexibility index (Phi) is 4.48. The van der Waals surface area contributed by atoms with E-state index in [2.05, 4.69) is 10.1 Å². The molecule has 26 heavy (non-hydrogen) atoms. The van der Waals surface area contributed by atoms with E-state index >= 15 is 0 Å². The van der Waals surface area contributed by atoms with E-state index < -0.39 is 12.0 Å². The highest BCUT2D eigenvalue weighted by Gasteiger charge is 2.47. The Balaban J connectivity index is 1.42. The van der Waals surface area contributed by atoms with Crippen molar-refractivity contribution in [3.05, 3.63) is 24.5 Å². The van der Waals surface area contributed by atoms with Crippen LogP contribution in [0.3, 0.4) is 0 Å². The summed E-state index contributed by atoms with van der Waals surface area (Å²) in [5.41, 5.74) is 0.710. The Hall–Kier alpha value is -2.64. The summed E-state index contributed by atoms with van der Waals surface area (Å²) in [6, 6.07) is 1.08. The van der Waals surface area contributed by atoms with Crippen molar-refractivity contribution in [3.63, 3.8) is 0 Å². The minimum Gasteiger partial charge on any atom is -0.480 e. The number of furan rings is 1. The highest BCUT2D eigenvalue weighted by atomic mass is 16.5. The first-order chi connectivity index (χ1) is 12.6.